The fraction of sp³-hybridized carbons (Fsp3) is 0.671. The fourth-order valence-electron chi connectivity index (χ4n) is 16.4. The molecule has 7 aliphatic rings. The van der Waals surface area contributed by atoms with Crippen LogP contribution in [0, 0.1) is 20.8 Å². The van der Waals surface area contributed by atoms with Crippen LogP contribution >= 0.6 is 35.9 Å². The lowest BCUT2D eigenvalue weighted by Crippen LogP contribution is -2.55. The SMILES string of the molecule is CC[C@H]1O[C@@H](n2cnc3c(N)ncnc32)CC1OP([O-])(=S)OC[C@H]1O[C@@H](n2cc(C)c(N)nc2=O)[C@@H](OCCOC)C1OP(=O)([O-])OC[C@H]1O[C@@H](n2cc(C)c(N)nc2=O)[C@@H](OCCOC)C1OP(=O)([O-])OC[C@H]1O[C@@H](n2cnc3c(N)ncnc32)[C@@H](OCCOC)C1OP(=O)([S-])OC[C@H]1O[C@@H](N2C=C(C)C(O)NC2=O)[C@@H](OCCOC)C1OP([O-])(=S)OC[C@H]1O[C@@H](n2cc(C)c(N)nc2=O)[C@@H](OCCOC)C1O. The molecule has 7 aliphatic heterocycles. The number of amides is 2. The molecule has 13 N–H and O–H groups in total. The van der Waals surface area contributed by atoms with Gasteiger partial charge in [-0.2, -0.15) is 15.0 Å². The van der Waals surface area contributed by atoms with Gasteiger partial charge in [-0.3, -0.25) is 41.4 Å². The van der Waals surface area contributed by atoms with Crippen molar-refractivity contribution >= 4 is 129 Å². The number of anilines is 5. The maximum Gasteiger partial charge on any atom is 0.351 e. The van der Waals surface area contributed by atoms with Crippen LogP contribution in [0.15, 0.2) is 70.1 Å². The van der Waals surface area contributed by atoms with Gasteiger partial charge in [-0.1, -0.05) is 30.5 Å². The van der Waals surface area contributed by atoms with Gasteiger partial charge in [-0.25, -0.2) is 49.1 Å². The number of nitrogens with one attached hydrogen (secondary N) is 1. The van der Waals surface area contributed by atoms with E-state index in [9.17, 15) is 39.2 Å². The molecule has 0 radical (unpaired) electrons. The molecule has 0 saturated carbocycles. The van der Waals surface area contributed by atoms with E-state index in [1.807, 2.05) is 0 Å². The van der Waals surface area contributed by atoms with Gasteiger partial charge in [0.1, 0.15) is 152 Å². The summed E-state index contributed by atoms with van der Waals surface area (Å²) in [7, 11) is -5.65. The molecule has 0 bridgehead atoms. The number of aryl methyl sites for hydroxylation is 3. The number of imidazole rings is 2. The molecule has 800 valence electrons. The highest BCUT2D eigenvalue weighted by atomic mass is 32.7. The van der Waals surface area contributed by atoms with Crippen LogP contribution in [-0.4, -0.2) is 340 Å². The number of phosphoric acid groups is 2. The van der Waals surface area contributed by atoms with Gasteiger partial charge >= 0.3 is 23.1 Å². The van der Waals surface area contributed by atoms with Crippen molar-refractivity contribution in [2.75, 3.05) is 163 Å². The summed E-state index contributed by atoms with van der Waals surface area (Å²) >= 11 is 16.7. The molecule has 14 heterocycles. The van der Waals surface area contributed by atoms with Crippen molar-refractivity contribution in [3.63, 3.8) is 0 Å². The third-order valence-electron chi connectivity index (χ3n) is 23.5. The number of ether oxygens (including phenoxy) is 16. The number of carbonyl (C=O) groups is 1. The zero-order valence-electron chi connectivity index (χ0n) is 78.6. The Morgan fingerprint density at radius 2 is 0.799 bits per heavy atom. The van der Waals surface area contributed by atoms with Crippen LogP contribution < -0.4 is 70.6 Å². The smallest absolute Gasteiger partial charge is 0.351 e. The van der Waals surface area contributed by atoms with Crippen molar-refractivity contribution in [2.45, 2.75) is 195 Å². The summed E-state index contributed by atoms with van der Waals surface area (Å²) in [5.41, 5.74) is 28.8. The molecule has 0 aromatic carbocycles. The number of aromatic nitrogens is 14. The first-order valence-corrected chi connectivity index (χ1v) is 54.8. The molecular weight excluding hydrogens is 2080 g/mol. The van der Waals surface area contributed by atoms with E-state index in [0.29, 0.717) is 17.6 Å². The highest BCUT2D eigenvalue weighted by Gasteiger charge is 2.58. The number of nitrogens with zero attached hydrogens (tertiary/aromatic N) is 15. The van der Waals surface area contributed by atoms with E-state index in [2.05, 4.69) is 50.2 Å². The topological polar surface area (TPSA) is 778 Å². The van der Waals surface area contributed by atoms with Gasteiger partial charge in [0.25, 0.3) is 15.6 Å². The molecule has 6 fully saturated rings. The van der Waals surface area contributed by atoms with Crippen LogP contribution in [-0.2, 0) is 171 Å². The number of aliphatic hydroxyl groups is 2. The van der Waals surface area contributed by atoms with Gasteiger partial charge < -0.3 is 197 Å². The molecule has 0 aliphatic carbocycles. The maximum atomic E-state index is 15.6. The number of urea groups is 1. The van der Waals surface area contributed by atoms with E-state index in [-0.39, 0.29) is 128 Å². The summed E-state index contributed by atoms with van der Waals surface area (Å²) in [5.74, 6) is -0.592. The third-order valence-corrected chi connectivity index (χ3v) is 30.1. The van der Waals surface area contributed by atoms with Crippen LogP contribution in [0.1, 0.15) is 74.5 Å². The summed E-state index contributed by atoms with van der Waals surface area (Å²) in [5, 5.41) is 24.9. The van der Waals surface area contributed by atoms with Gasteiger partial charge in [0.2, 0.25) is 0 Å². The van der Waals surface area contributed by atoms with E-state index in [1.54, 1.807) is 18.4 Å². The Morgan fingerprint density at radius 1 is 0.438 bits per heavy atom. The Hall–Kier alpha value is -7.19. The van der Waals surface area contributed by atoms with Crippen LogP contribution in [0.4, 0.5) is 33.9 Å². The van der Waals surface area contributed by atoms with E-state index >= 15 is 23.5 Å². The zero-order chi connectivity index (χ0) is 104. The van der Waals surface area contributed by atoms with Gasteiger partial charge in [-0.05, 0) is 39.7 Å². The fourth-order valence-corrected chi connectivity index (χ4v) is 22.6. The number of aliphatic hydroxyl groups excluding tert-OH is 2. The average molecular weight is 2190 g/mol. The molecule has 0 spiro atoms. The lowest BCUT2D eigenvalue weighted by Gasteiger charge is -2.37. The second-order valence-corrected chi connectivity index (χ2v) is 44.0. The number of hydrogen-bond acceptors (Lipinski definition) is 56. The zero-order valence-corrected chi connectivity index (χ0v) is 85.5. The van der Waals surface area contributed by atoms with Gasteiger partial charge in [0.15, 0.2) is 67.1 Å². The highest BCUT2D eigenvalue weighted by molar-refractivity contribution is 8.32. The van der Waals surface area contributed by atoms with Crippen molar-refractivity contribution in [1.29, 1.82) is 0 Å². The van der Waals surface area contributed by atoms with Crippen molar-refractivity contribution < 1.29 is 169 Å². The third kappa shape index (κ3) is 26.7. The molecule has 2 amide bonds. The molecule has 7 aromatic rings. The quantitative estimate of drug-likeness (QED) is 0.0106. The first kappa shape index (κ1) is 112. The molecule has 144 heavy (non-hydrogen) atoms. The second kappa shape index (κ2) is 48.8. The Morgan fingerprint density at radius 3 is 1.24 bits per heavy atom. The lowest BCUT2D eigenvalue weighted by atomic mass is 10.1. The maximum absolute atomic E-state index is 15.6. The lowest BCUT2D eigenvalue weighted by molar-refractivity contribution is -0.241. The number of carbonyl (C=O) groups excluding carboxylic acids is 1. The molecule has 14 rings (SSSR count). The molecule has 68 heteroatoms. The molecule has 12 unspecified atom stereocenters. The van der Waals surface area contributed by atoms with Crippen molar-refractivity contribution in [1.82, 2.24) is 77.9 Å². The Balaban J connectivity index is 0.752. The van der Waals surface area contributed by atoms with Gasteiger partial charge in [0, 0.05) is 83.5 Å². The number of nitrogens with two attached hydrogens (primary N) is 5. The summed E-state index contributed by atoms with van der Waals surface area (Å²) in [6.07, 6.45) is -29.4. The summed E-state index contributed by atoms with van der Waals surface area (Å²) in [4.78, 5) is 153. The van der Waals surface area contributed by atoms with Gasteiger partial charge in [-0.15, -0.1) is 0 Å². The Labute approximate surface area is 834 Å². The monoisotopic (exact) mass is 2190 g/mol. The normalized spacial score (nSPS) is 30.4. The molecular formula is C76H109N21O39P5S3-5. The van der Waals surface area contributed by atoms with E-state index < -0.39 is 246 Å². The Bertz CT molecular complexity index is 6100. The van der Waals surface area contributed by atoms with Crippen molar-refractivity contribution in [3.05, 3.63) is 104 Å². The minimum Gasteiger partial charge on any atom is -0.780 e. The first-order chi connectivity index (χ1) is 68.5. The van der Waals surface area contributed by atoms with Gasteiger partial charge in [0.05, 0.1) is 124 Å². The number of hydrogen-bond donors (Lipinski definition) is 8. The molecule has 6 saturated heterocycles. The number of fused-ring (bicyclic) bond motifs is 2. The number of rotatable bonds is 52. The largest absolute Gasteiger partial charge is 0.780 e. The summed E-state index contributed by atoms with van der Waals surface area (Å²) < 4.78 is 207. The van der Waals surface area contributed by atoms with Crippen molar-refractivity contribution in [3.8, 4) is 0 Å². The van der Waals surface area contributed by atoms with Crippen LogP contribution in [0.5, 0.6) is 0 Å². The molecule has 29 atom stereocenters. The van der Waals surface area contributed by atoms with Crippen molar-refractivity contribution in [2.24, 2.45) is 0 Å². The minimum absolute atomic E-state index is 0.00232. The number of phosphoric ester groups is 2. The van der Waals surface area contributed by atoms with E-state index in [1.165, 1.54) is 98.5 Å². The standard InChI is InChI=1S/C76H114N21O39P5S3/c1-11-40-41(22-47(126-40)96-34-86-48-63(80)82-32-84-65(48)96)132-139(108,142)124-30-45-52(57(118-19-14-113-8)70(129-45)94-25-38(4)62(79)90-75(94)102)134-137(104,105)121-28-43-51(56(117-18-13-112-7)69(128-43)93-24-37(3)61(78)89-74(93)101)133-138(106,107)122-29-44-53(59(120-21-16-115-10)72(131-44)97-35-87-49-64(81)83-33-85-66(49)97)135-141(110,144)125-31-46-54(58(119-20-15-114-9)71(130-46)95-26-39(5)67(99)91-76(95)103)136-140(109,143)123-27-42-50(98)55(116-17-12-111-6)68(127-42)92-23-36(2)60(77)88-73(92)100/h23-26,32-35,40-47,50-59,67-72,98-99H,11-22,27-31H2,1-10H3,(H,91,103)(H,104,105)(H,106,107)(H,108,142)(H,109,143)(H,110,144)(H2,77,88,100)(H2,78,89,101)(H2,79,90,102)(H2,80,82,84)(H2,81,83,85)/p-5/t40-,41?,42-,43-,44-,45-,46-,47-,50?,51?,52?,53?,54?,55+,56+,57+,58+,59+,67?,68-,69-,70-,71-,72-,139?,140?,141?/m1/s1. The average Bonchev–Trinajstić information content (AvgIpc) is 1.29. The molecule has 60 nitrogen and oxygen atoms in total. The summed E-state index contributed by atoms with van der Waals surface area (Å²) in [6.45, 7) is -15.3. The van der Waals surface area contributed by atoms with Crippen LogP contribution in [0.2, 0.25) is 0 Å². The second-order valence-electron chi connectivity index (χ2n) is 33.2. The predicted molar refractivity (Wildman–Crippen MR) is 493 cm³/mol. The minimum atomic E-state index is -6.20. The van der Waals surface area contributed by atoms with Crippen LogP contribution in [0.25, 0.3) is 22.3 Å². The number of nitrogen functional groups attached to an aromatic ring is 5. The highest BCUT2D eigenvalue weighted by Crippen LogP contribution is 2.57. The van der Waals surface area contributed by atoms with Crippen LogP contribution in [0.3, 0.4) is 0 Å². The predicted octanol–water partition coefficient (Wildman–Crippen LogP) is -3.18. The summed E-state index contributed by atoms with van der Waals surface area (Å²) in [6, 6.07) is -0.989. The van der Waals surface area contributed by atoms with E-state index in [4.69, 9.17) is 186 Å². The van der Waals surface area contributed by atoms with E-state index in [0.717, 1.165) is 31.1 Å². The Kier molecular flexibility index (Phi) is 38.1. The number of methoxy groups -OCH3 is 5. The molecule has 7 aromatic heterocycles. The first-order valence-electron chi connectivity index (χ1n) is 44.2.